The molecule has 0 radical (unpaired) electrons. The van der Waals surface area contributed by atoms with Crippen LogP contribution >= 0.6 is 0 Å². The summed E-state index contributed by atoms with van der Waals surface area (Å²) in [5.74, 6) is 2.34. The summed E-state index contributed by atoms with van der Waals surface area (Å²) in [6.45, 7) is 6.09. The maximum atomic E-state index is 14.6. The van der Waals surface area contributed by atoms with Gasteiger partial charge in [-0.2, -0.15) is 4.39 Å². The molecule has 0 saturated heterocycles. The topological polar surface area (TPSA) is 9.23 Å². The summed E-state index contributed by atoms with van der Waals surface area (Å²) in [4.78, 5) is 0. The van der Waals surface area contributed by atoms with Crippen molar-refractivity contribution in [3.63, 3.8) is 0 Å². The first-order valence-electron chi connectivity index (χ1n) is 12.5. The molecule has 3 heteroatoms. The minimum Gasteiger partial charge on any atom is -0.491 e. The first-order valence-corrected chi connectivity index (χ1v) is 12.5. The second-order valence-corrected chi connectivity index (χ2v) is 10.0. The van der Waals surface area contributed by atoms with Crippen LogP contribution in [0, 0.1) is 41.2 Å². The fourth-order valence-corrected chi connectivity index (χ4v) is 6.44. The fraction of sp³-hybridized carbons (Fsp3) is 0.643. The Kier molecular flexibility index (Phi) is 7.51. The smallest absolute Gasteiger partial charge is 0.200 e. The Balaban J connectivity index is 1.30. The molecule has 1 aromatic carbocycles. The molecule has 1 aromatic rings. The van der Waals surface area contributed by atoms with Crippen LogP contribution < -0.4 is 4.74 Å². The highest BCUT2D eigenvalue weighted by Crippen LogP contribution is 2.45. The summed E-state index contributed by atoms with van der Waals surface area (Å²) < 4.78 is 34.1. The number of halogens is 2. The molecule has 0 bridgehead atoms. The molecule has 3 aliphatic carbocycles. The molecular formula is C28H38F2O. The minimum absolute atomic E-state index is 0.0253. The summed E-state index contributed by atoms with van der Waals surface area (Å²) in [6, 6.07) is 3.33. The van der Waals surface area contributed by atoms with E-state index in [0.29, 0.717) is 24.0 Å². The van der Waals surface area contributed by atoms with Crippen molar-refractivity contribution in [2.24, 2.45) is 29.6 Å². The standard InChI is InChI=1S/C28H38F2O/c1-3-19-5-7-20(8-6-19)21-9-11-22(12-10-21)23-13-15-24(16-14-23)25-17-18-26(31-4-2)28(30)27(25)29/h3,9,11,17-24H,1,4-8,10,12-16H2,2H3. The molecule has 0 N–H and O–H groups in total. The van der Waals surface area contributed by atoms with E-state index in [0.717, 1.165) is 43.4 Å². The summed E-state index contributed by atoms with van der Waals surface area (Å²) in [5.41, 5.74) is 0.536. The number of allylic oxidation sites excluding steroid dienone is 3. The second-order valence-electron chi connectivity index (χ2n) is 10.0. The van der Waals surface area contributed by atoms with Gasteiger partial charge in [0.15, 0.2) is 11.6 Å². The monoisotopic (exact) mass is 428 g/mol. The quantitative estimate of drug-likeness (QED) is 0.415. The molecule has 0 amide bonds. The van der Waals surface area contributed by atoms with Crippen molar-refractivity contribution in [1.29, 1.82) is 0 Å². The average molecular weight is 429 g/mol. The van der Waals surface area contributed by atoms with Gasteiger partial charge in [0.2, 0.25) is 5.82 Å². The molecular weight excluding hydrogens is 390 g/mol. The molecule has 2 unspecified atom stereocenters. The number of ether oxygens (including phenoxy) is 1. The van der Waals surface area contributed by atoms with Crippen molar-refractivity contribution in [3.05, 3.63) is 54.1 Å². The Morgan fingerprint density at radius 3 is 1.94 bits per heavy atom. The molecule has 2 fully saturated rings. The second kappa shape index (κ2) is 10.3. The van der Waals surface area contributed by atoms with Gasteiger partial charge in [0.25, 0.3) is 0 Å². The molecule has 0 spiro atoms. The van der Waals surface area contributed by atoms with Crippen molar-refractivity contribution in [2.45, 2.75) is 77.0 Å². The summed E-state index contributed by atoms with van der Waals surface area (Å²) >= 11 is 0. The van der Waals surface area contributed by atoms with E-state index in [1.165, 1.54) is 38.5 Å². The molecule has 170 valence electrons. The highest BCUT2D eigenvalue weighted by Gasteiger charge is 2.33. The molecule has 31 heavy (non-hydrogen) atoms. The van der Waals surface area contributed by atoms with Crippen molar-refractivity contribution >= 4 is 0 Å². The van der Waals surface area contributed by atoms with Gasteiger partial charge in [0.05, 0.1) is 6.61 Å². The third kappa shape index (κ3) is 5.07. The van der Waals surface area contributed by atoms with Gasteiger partial charge in [-0.3, -0.25) is 0 Å². The third-order valence-electron chi connectivity index (χ3n) is 8.39. The Labute approximate surface area is 187 Å². The number of benzene rings is 1. The first-order chi connectivity index (χ1) is 15.1. The lowest BCUT2D eigenvalue weighted by Crippen LogP contribution is -2.26. The van der Waals surface area contributed by atoms with Crippen LogP contribution in [0.25, 0.3) is 0 Å². The van der Waals surface area contributed by atoms with E-state index in [1.54, 1.807) is 19.1 Å². The van der Waals surface area contributed by atoms with Gasteiger partial charge >= 0.3 is 0 Å². The highest BCUT2D eigenvalue weighted by molar-refractivity contribution is 5.33. The summed E-state index contributed by atoms with van der Waals surface area (Å²) in [7, 11) is 0. The normalized spacial score (nSPS) is 33.8. The zero-order valence-electron chi connectivity index (χ0n) is 19.0. The Bertz CT molecular complexity index is 769. The predicted octanol–water partition coefficient (Wildman–Crippen LogP) is 8.21. The van der Waals surface area contributed by atoms with E-state index < -0.39 is 11.6 Å². The van der Waals surface area contributed by atoms with Crippen molar-refractivity contribution in [1.82, 2.24) is 0 Å². The van der Waals surface area contributed by atoms with Gasteiger partial charge in [-0.15, -0.1) is 6.58 Å². The largest absolute Gasteiger partial charge is 0.491 e. The molecule has 0 heterocycles. The molecule has 4 rings (SSSR count). The van der Waals surface area contributed by atoms with Gasteiger partial charge in [-0.1, -0.05) is 24.3 Å². The van der Waals surface area contributed by atoms with E-state index >= 15 is 0 Å². The van der Waals surface area contributed by atoms with Gasteiger partial charge in [0.1, 0.15) is 0 Å². The lowest BCUT2D eigenvalue weighted by molar-refractivity contribution is 0.200. The van der Waals surface area contributed by atoms with Gasteiger partial charge in [0, 0.05) is 0 Å². The summed E-state index contributed by atoms with van der Waals surface area (Å²) in [5, 5.41) is 0. The van der Waals surface area contributed by atoms with E-state index in [9.17, 15) is 8.78 Å². The Morgan fingerprint density at radius 1 is 0.839 bits per heavy atom. The third-order valence-corrected chi connectivity index (χ3v) is 8.39. The Hall–Kier alpha value is -1.64. The molecule has 2 atom stereocenters. The molecule has 2 saturated carbocycles. The zero-order valence-corrected chi connectivity index (χ0v) is 19.0. The summed E-state index contributed by atoms with van der Waals surface area (Å²) in [6.07, 6.45) is 19.3. The van der Waals surface area contributed by atoms with Crippen molar-refractivity contribution in [2.75, 3.05) is 6.61 Å². The van der Waals surface area contributed by atoms with Crippen LogP contribution in [0.2, 0.25) is 0 Å². The van der Waals surface area contributed by atoms with Gasteiger partial charge in [-0.05, 0) is 118 Å². The molecule has 0 aliphatic heterocycles. The van der Waals surface area contributed by atoms with E-state index in [-0.39, 0.29) is 11.7 Å². The van der Waals surface area contributed by atoms with Crippen LogP contribution in [0.1, 0.15) is 82.6 Å². The van der Waals surface area contributed by atoms with E-state index in [4.69, 9.17) is 4.74 Å². The van der Waals surface area contributed by atoms with Crippen molar-refractivity contribution in [3.8, 4) is 5.75 Å². The number of rotatable bonds is 6. The molecule has 0 aromatic heterocycles. The highest BCUT2D eigenvalue weighted by atomic mass is 19.2. The zero-order chi connectivity index (χ0) is 21.8. The van der Waals surface area contributed by atoms with Gasteiger partial charge in [-0.25, -0.2) is 4.39 Å². The van der Waals surface area contributed by atoms with Gasteiger partial charge < -0.3 is 4.74 Å². The van der Waals surface area contributed by atoms with Crippen LogP contribution in [-0.2, 0) is 0 Å². The fourth-order valence-electron chi connectivity index (χ4n) is 6.44. The van der Waals surface area contributed by atoms with Crippen LogP contribution in [0.15, 0.2) is 36.9 Å². The average Bonchev–Trinajstić information content (AvgIpc) is 2.83. The van der Waals surface area contributed by atoms with E-state index in [2.05, 4.69) is 24.8 Å². The maximum Gasteiger partial charge on any atom is 0.200 e. The SMILES string of the molecule is C=CC1CCC(C2C=CC(C3CCC(c4ccc(OCC)c(F)c4F)CC3)CC2)CC1. The lowest BCUT2D eigenvalue weighted by atomic mass is 9.67. The number of hydrogen-bond acceptors (Lipinski definition) is 1. The van der Waals surface area contributed by atoms with Crippen LogP contribution in [0.3, 0.4) is 0 Å². The number of hydrogen-bond donors (Lipinski definition) is 0. The van der Waals surface area contributed by atoms with Crippen LogP contribution in [-0.4, -0.2) is 6.61 Å². The van der Waals surface area contributed by atoms with Crippen molar-refractivity contribution < 1.29 is 13.5 Å². The first kappa shape index (κ1) is 22.6. The van der Waals surface area contributed by atoms with Crippen LogP contribution in [0.5, 0.6) is 5.75 Å². The minimum atomic E-state index is -0.829. The maximum absolute atomic E-state index is 14.6. The Morgan fingerprint density at radius 2 is 1.42 bits per heavy atom. The predicted molar refractivity (Wildman–Crippen MR) is 123 cm³/mol. The molecule has 3 aliphatic rings. The van der Waals surface area contributed by atoms with E-state index in [1.807, 2.05) is 0 Å². The van der Waals surface area contributed by atoms with Crippen LogP contribution in [0.4, 0.5) is 8.78 Å². The molecule has 1 nitrogen and oxygen atoms in total. The lowest BCUT2D eigenvalue weighted by Gasteiger charge is -2.38.